The van der Waals surface area contributed by atoms with Crippen molar-refractivity contribution in [1.82, 2.24) is 5.32 Å². The van der Waals surface area contributed by atoms with Crippen LogP contribution >= 0.6 is 0 Å². The lowest BCUT2D eigenvalue weighted by Gasteiger charge is -2.09. The van der Waals surface area contributed by atoms with Crippen LogP contribution in [-0.4, -0.2) is 15.5 Å². The molecule has 0 saturated heterocycles. The van der Waals surface area contributed by atoms with Crippen LogP contribution in [0.15, 0.2) is 53.4 Å². The van der Waals surface area contributed by atoms with Gasteiger partial charge in [-0.15, -0.1) is 0 Å². The highest BCUT2D eigenvalue weighted by atomic mass is 32.2. The molecule has 0 atom stereocenters. The molecule has 2 aromatic carbocycles. The van der Waals surface area contributed by atoms with Crippen molar-refractivity contribution in [2.45, 2.75) is 18.4 Å². The Labute approximate surface area is 119 Å². The maximum atomic E-state index is 12.3. The van der Waals surface area contributed by atoms with Gasteiger partial charge in [-0.05, 0) is 49.4 Å². The monoisotopic (exact) mass is 290 g/mol. The van der Waals surface area contributed by atoms with Crippen LogP contribution in [0.25, 0.3) is 0 Å². The Morgan fingerprint density at radius 1 is 1.05 bits per heavy atom. The summed E-state index contributed by atoms with van der Waals surface area (Å²) >= 11 is 0. The number of aryl methyl sites for hydroxylation is 1. The molecule has 0 bridgehead atoms. The van der Waals surface area contributed by atoms with Gasteiger partial charge in [0.25, 0.3) is 10.0 Å². The maximum Gasteiger partial charge on any atom is 0.261 e. The fourth-order valence-corrected chi connectivity index (χ4v) is 2.96. The molecule has 0 aliphatic heterocycles. The van der Waals surface area contributed by atoms with Crippen molar-refractivity contribution in [1.29, 1.82) is 0 Å². The fraction of sp³-hybridized carbons (Fsp3) is 0.200. The van der Waals surface area contributed by atoms with Crippen LogP contribution in [0.4, 0.5) is 5.69 Å². The summed E-state index contributed by atoms with van der Waals surface area (Å²) in [4.78, 5) is 0.263. The third kappa shape index (κ3) is 3.59. The summed E-state index contributed by atoms with van der Waals surface area (Å²) in [6.07, 6.45) is 0. The van der Waals surface area contributed by atoms with Crippen molar-refractivity contribution < 1.29 is 8.42 Å². The van der Waals surface area contributed by atoms with E-state index in [1.165, 1.54) is 0 Å². The van der Waals surface area contributed by atoms with Crippen LogP contribution in [0.2, 0.25) is 0 Å². The highest BCUT2D eigenvalue weighted by molar-refractivity contribution is 7.92. The molecule has 0 unspecified atom stereocenters. The van der Waals surface area contributed by atoms with E-state index in [2.05, 4.69) is 10.0 Å². The van der Waals surface area contributed by atoms with Gasteiger partial charge in [0.05, 0.1) is 4.90 Å². The van der Waals surface area contributed by atoms with Crippen molar-refractivity contribution in [2.24, 2.45) is 0 Å². The first-order valence-electron chi connectivity index (χ1n) is 6.34. The molecule has 2 aromatic rings. The predicted molar refractivity (Wildman–Crippen MR) is 81.2 cm³/mol. The Bertz CT molecular complexity index is 679. The second kappa shape index (κ2) is 6.07. The standard InChI is InChI=1S/C15H18N2O2S/c1-12-4-3-5-14(10-12)17-20(18,19)15-8-6-13(7-9-15)11-16-2/h3-10,16-17H,11H2,1-2H3. The maximum absolute atomic E-state index is 12.3. The van der Waals surface area contributed by atoms with Crippen molar-refractivity contribution in [3.63, 3.8) is 0 Å². The summed E-state index contributed by atoms with van der Waals surface area (Å²) in [5.74, 6) is 0. The summed E-state index contributed by atoms with van der Waals surface area (Å²) in [7, 11) is -1.68. The molecule has 106 valence electrons. The first-order chi connectivity index (χ1) is 9.51. The normalized spacial score (nSPS) is 11.3. The van der Waals surface area contributed by atoms with Gasteiger partial charge in [0.15, 0.2) is 0 Å². The Hall–Kier alpha value is -1.85. The van der Waals surface area contributed by atoms with Gasteiger partial charge in [0, 0.05) is 12.2 Å². The molecular formula is C15H18N2O2S. The second-order valence-electron chi connectivity index (χ2n) is 4.65. The van der Waals surface area contributed by atoms with Crippen molar-refractivity contribution in [2.75, 3.05) is 11.8 Å². The van der Waals surface area contributed by atoms with E-state index in [0.717, 1.165) is 11.1 Å². The van der Waals surface area contributed by atoms with Crippen LogP contribution in [0.1, 0.15) is 11.1 Å². The predicted octanol–water partition coefficient (Wildman–Crippen LogP) is 2.52. The summed E-state index contributed by atoms with van der Waals surface area (Å²) < 4.78 is 27.1. The topological polar surface area (TPSA) is 58.2 Å². The summed E-state index contributed by atoms with van der Waals surface area (Å²) in [6.45, 7) is 2.63. The fourth-order valence-electron chi connectivity index (χ4n) is 1.91. The minimum atomic E-state index is -3.53. The zero-order chi connectivity index (χ0) is 14.6. The van der Waals surface area contributed by atoms with Gasteiger partial charge in [0.1, 0.15) is 0 Å². The van der Waals surface area contributed by atoms with Gasteiger partial charge in [-0.2, -0.15) is 0 Å². The second-order valence-corrected chi connectivity index (χ2v) is 6.33. The number of rotatable bonds is 5. The van der Waals surface area contributed by atoms with Crippen molar-refractivity contribution >= 4 is 15.7 Å². The minimum Gasteiger partial charge on any atom is -0.316 e. The number of nitrogens with one attached hydrogen (secondary N) is 2. The molecule has 4 nitrogen and oxygen atoms in total. The van der Waals surface area contributed by atoms with Crippen molar-refractivity contribution in [3.05, 3.63) is 59.7 Å². The van der Waals surface area contributed by atoms with E-state index in [4.69, 9.17) is 0 Å². The van der Waals surface area contributed by atoms with Crippen LogP contribution in [-0.2, 0) is 16.6 Å². The third-order valence-corrected chi connectivity index (χ3v) is 4.28. The number of anilines is 1. The highest BCUT2D eigenvalue weighted by Gasteiger charge is 2.13. The van der Waals surface area contributed by atoms with E-state index in [1.807, 2.05) is 26.1 Å². The molecule has 2 N–H and O–H groups in total. The van der Waals surface area contributed by atoms with E-state index in [-0.39, 0.29) is 4.90 Å². The van der Waals surface area contributed by atoms with Crippen LogP contribution < -0.4 is 10.0 Å². The lowest BCUT2D eigenvalue weighted by Crippen LogP contribution is -2.13. The SMILES string of the molecule is CNCc1ccc(S(=O)(=O)Nc2cccc(C)c2)cc1. The molecular weight excluding hydrogens is 272 g/mol. The number of hydrogen-bond acceptors (Lipinski definition) is 3. The largest absolute Gasteiger partial charge is 0.316 e. The quantitative estimate of drug-likeness (QED) is 0.889. The van der Waals surface area contributed by atoms with Gasteiger partial charge in [-0.3, -0.25) is 4.72 Å². The van der Waals surface area contributed by atoms with E-state index >= 15 is 0 Å². The Morgan fingerprint density at radius 3 is 2.35 bits per heavy atom. The molecule has 0 radical (unpaired) electrons. The highest BCUT2D eigenvalue weighted by Crippen LogP contribution is 2.17. The molecule has 20 heavy (non-hydrogen) atoms. The van der Waals surface area contributed by atoms with E-state index in [1.54, 1.807) is 36.4 Å². The number of sulfonamides is 1. The average Bonchev–Trinajstić information content (AvgIpc) is 2.39. The van der Waals surface area contributed by atoms with Crippen LogP contribution in [0.3, 0.4) is 0 Å². The zero-order valence-corrected chi connectivity index (χ0v) is 12.4. The van der Waals surface area contributed by atoms with Gasteiger partial charge < -0.3 is 5.32 Å². The molecule has 0 aromatic heterocycles. The van der Waals surface area contributed by atoms with Gasteiger partial charge in [-0.25, -0.2) is 8.42 Å². The molecule has 0 saturated carbocycles. The molecule has 0 aliphatic rings. The molecule has 5 heteroatoms. The number of hydrogen-bond donors (Lipinski definition) is 2. The Morgan fingerprint density at radius 2 is 1.75 bits per heavy atom. The van der Waals surface area contributed by atoms with Gasteiger partial charge in [-0.1, -0.05) is 24.3 Å². The van der Waals surface area contributed by atoms with Gasteiger partial charge in [0.2, 0.25) is 0 Å². The first kappa shape index (κ1) is 14.6. The lowest BCUT2D eigenvalue weighted by atomic mass is 10.2. The first-order valence-corrected chi connectivity index (χ1v) is 7.82. The van der Waals surface area contributed by atoms with Crippen molar-refractivity contribution in [3.8, 4) is 0 Å². The Balaban J connectivity index is 2.21. The zero-order valence-electron chi connectivity index (χ0n) is 11.6. The lowest BCUT2D eigenvalue weighted by molar-refractivity contribution is 0.601. The number of benzene rings is 2. The summed E-state index contributed by atoms with van der Waals surface area (Å²) in [6, 6.07) is 14.1. The summed E-state index contributed by atoms with van der Waals surface area (Å²) in [5, 5.41) is 3.02. The van der Waals surface area contributed by atoms with E-state index in [9.17, 15) is 8.42 Å². The smallest absolute Gasteiger partial charge is 0.261 e. The molecule has 0 fully saturated rings. The molecule has 0 amide bonds. The Kier molecular flexibility index (Phi) is 4.42. The molecule has 0 aliphatic carbocycles. The molecule has 2 rings (SSSR count). The average molecular weight is 290 g/mol. The molecule has 0 heterocycles. The van der Waals surface area contributed by atoms with E-state index < -0.39 is 10.0 Å². The van der Waals surface area contributed by atoms with E-state index in [0.29, 0.717) is 12.2 Å². The third-order valence-electron chi connectivity index (χ3n) is 2.88. The molecule has 0 spiro atoms. The van der Waals surface area contributed by atoms with Gasteiger partial charge >= 0.3 is 0 Å². The minimum absolute atomic E-state index is 0.263. The summed E-state index contributed by atoms with van der Waals surface area (Å²) in [5.41, 5.74) is 2.63. The van der Waals surface area contributed by atoms with Crippen LogP contribution in [0.5, 0.6) is 0 Å². The van der Waals surface area contributed by atoms with Crippen LogP contribution in [0, 0.1) is 6.92 Å².